The fourth-order valence-electron chi connectivity index (χ4n) is 2.05. The molecule has 0 saturated heterocycles. The molecular weight excluding hydrogens is 238 g/mol. The summed E-state index contributed by atoms with van der Waals surface area (Å²) >= 11 is 5.59. The van der Waals surface area contributed by atoms with Crippen molar-refractivity contribution < 1.29 is 9.59 Å². The zero-order valence-corrected chi connectivity index (χ0v) is 11.2. The largest absolute Gasteiger partial charge is 0.326 e. The molecule has 1 N–H and O–H groups in total. The lowest BCUT2D eigenvalue weighted by Gasteiger charge is -2.16. The average Bonchev–Trinajstić information content (AvgIpc) is 2.23. The molecule has 0 aliphatic heterocycles. The monoisotopic (exact) mass is 253 g/mol. The number of anilines is 1. The molecule has 1 amide bonds. The number of halogens is 1. The summed E-state index contributed by atoms with van der Waals surface area (Å²) < 4.78 is 0. The van der Waals surface area contributed by atoms with Gasteiger partial charge in [-0.3, -0.25) is 9.59 Å². The number of ketones is 1. The maximum Gasteiger partial charge on any atom is 0.221 e. The van der Waals surface area contributed by atoms with Gasteiger partial charge in [-0.2, -0.15) is 0 Å². The van der Waals surface area contributed by atoms with E-state index >= 15 is 0 Å². The molecule has 92 valence electrons. The van der Waals surface area contributed by atoms with E-state index in [4.69, 9.17) is 11.6 Å². The highest BCUT2D eigenvalue weighted by molar-refractivity contribution is 6.31. The molecule has 0 atom stereocenters. The Hall–Kier alpha value is -1.35. The van der Waals surface area contributed by atoms with E-state index in [-0.39, 0.29) is 17.6 Å². The summed E-state index contributed by atoms with van der Waals surface area (Å²) in [6.07, 6.45) is 0. The van der Waals surface area contributed by atoms with Crippen molar-refractivity contribution in [1.29, 1.82) is 0 Å². The smallest absolute Gasteiger partial charge is 0.221 e. The molecular formula is C13H16ClNO2. The molecule has 1 rings (SSSR count). The summed E-state index contributed by atoms with van der Waals surface area (Å²) in [6, 6.07) is 1.89. The van der Waals surface area contributed by atoms with Crippen LogP contribution < -0.4 is 5.32 Å². The summed E-state index contributed by atoms with van der Waals surface area (Å²) in [5, 5.41) is 2.75. The molecule has 0 radical (unpaired) electrons. The molecule has 0 bridgehead atoms. The van der Waals surface area contributed by atoms with Crippen molar-refractivity contribution in [3.05, 3.63) is 28.3 Å². The van der Waals surface area contributed by atoms with E-state index in [9.17, 15) is 9.59 Å². The zero-order valence-electron chi connectivity index (χ0n) is 10.5. The lowest BCUT2D eigenvalue weighted by atomic mass is 9.95. The lowest BCUT2D eigenvalue weighted by Crippen LogP contribution is -2.13. The van der Waals surface area contributed by atoms with Crippen molar-refractivity contribution in [3.8, 4) is 0 Å². The number of carbonyl (C=O) groups excluding carboxylic acids is 2. The second-order valence-electron chi connectivity index (χ2n) is 4.12. The van der Waals surface area contributed by atoms with E-state index in [2.05, 4.69) is 5.32 Å². The maximum atomic E-state index is 11.8. The third kappa shape index (κ3) is 2.86. The highest BCUT2D eigenvalue weighted by Gasteiger charge is 2.16. The first-order valence-electron chi connectivity index (χ1n) is 5.36. The van der Waals surface area contributed by atoms with Crippen LogP contribution in [0.25, 0.3) is 0 Å². The van der Waals surface area contributed by atoms with Crippen LogP contribution in [0.1, 0.15) is 34.0 Å². The molecule has 1 aromatic rings. The van der Waals surface area contributed by atoms with Gasteiger partial charge in [0.1, 0.15) is 0 Å². The van der Waals surface area contributed by atoms with Crippen molar-refractivity contribution >= 4 is 29.0 Å². The predicted molar refractivity (Wildman–Crippen MR) is 70.0 cm³/mol. The fraction of sp³-hybridized carbons (Fsp3) is 0.385. The predicted octanol–water partition coefficient (Wildman–Crippen LogP) is 2.99. The Labute approximate surface area is 106 Å². The number of Topliss-reactive ketones (excluding diaryl/α,β-unsaturated/α-hetero) is 1. The molecule has 1 aromatic carbocycles. The molecule has 0 unspecified atom stereocenters. The van der Waals surface area contributed by atoms with E-state index < -0.39 is 0 Å². The number of amides is 1. The molecule has 0 aromatic heterocycles. The molecule has 0 aliphatic rings. The Morgan fingerprint density at radius 1 is 1.24 bits per heavy atom. The van der Waals surface area contributed by atoms with Crippen LogP contribution in [0.3, 0.4) is 0 Å². The van der Waals surface area contributed by atoms with E-state index in [1.165, 1.54) is 6.92 Å². The van der Waals surface area contributed by atoms with Gasteiger partial charge in [-0.05, 0) is 37.5 Å². The normalized spacial score (nSPS) is 10.2. The van der Waals surface area contributed by atoms with Gasteiger partial charge in [-0.15, -0.1) is 11.6 Å². The standard InChI is InChI=1S/C13H16ClNO2/c1-7-5-8(2)13(15-10(4)16)9(3)12(7)11(17)6-14/h5H,6H2,1-4H3,(H,15,16). The van der Waals surface area contributed by atoms with Gasteiger partial charge in [0.15, 0.2) is 5.78 Å². The molecule has 0 heterocycles. The van der Waals surface area contributed by atoms with Gasteiger partial charge < -0.3 is 5.32 Å². The Balaban J connectivity index is 3.42. The summed E-state index contributed by atoms with van der Waals surface area (Å²) in [6.45, 7) is 7.05. The van der Waals surface area contributed by atoms with Gasteiger partial charge in [0, 0.05) is 18.2 Å². The number of nitrogens with one attached hydrogen (secondary N) is 1. The van der Waals surface area contributed by atoms with Crippen molar-refractivity contribution in [2.45, 2.75) is 27.7 Å². The minimum absolute atomic E-state index is 0.0513. The third-order valence-corrected chi connectivity index (χ3v) is 2.92. The van der Waals surface area contributed by atoms with Crippen molar-refractivity contribution in [1.82, 2.24) is 0 Å². The maximum absolute atomic E-state index is 11.8. The lowest BCUT2D eigenvalue weighted by molar-refractivity contribution is -0.114. The highest BCUT2D eigenvalue weighted by Crippen LogP contribution is 2.27. The Kier molecular flexibility index (Phi) is 4.29. The van der Waals surface area contributed by atoms with E-state index in [1.807, 2.05) is 26.8 Å². The van der Waals surface area contributed by atoms with Crippen LogP contribution in [0.5, 0.6) is 0 Å². The Morgan fingerprint density at radius 3 is 2.29 bits per heavy atom. The van der Waals surface area contributed by atoms with E-state index in [0.29, 0.717) is 11.3 Å². The van der Waals surface area contributed by atoms with E-state index in [0.717, 1.165) is 16.7 Å². The van der Waals surface area contributed by atoms with Gasteiger partial charge in [-0.25, -0.2) is 0 Å². The molecule has 17 heavy (non-hydrogen) atoms. The van der Waals surface area contributed by atoms with E-state index in [1.54, 1.807) is 0 Å². The summed E-state index contributed by atoms with van der Waals surface area (Å²) in [7, 11) is 0. The number of hydrogen-bond donors (Lipinski definition) is 1. The van der Waals surface area contributed by atoms with Crippen LogP contribution in [0, 0.1) is 20.8 Å². The molecule has 0 spiro atoms. The quantitative estimate of drug-likeness (QED) is 0.665. The first kappa shape index (κ1) is 13.7. The Morgan fingerprint density at radius 2 is 1.82 bits per heavy atom. The van der Waals surface area contributed by atoms with Gasteiger partial charge in [0.05, 0.1) is 5.88 Å². The number of hydrogen-bond acceptors (Lipinski definition) is 2. The van der Waals surface area contributed by atoms with Crippen LogP contribution in [0.2, 0.25) is 0 Å². The molecule has 4 heteroatoms. The minimum atomic E-state index is -0.149. The number of alkyl halides is 1. The second kappa shape index (κ2) is 5.32. The van der Waals surface area contributed by atoms with Crippen molar-refractivity contribution in [2.75, 3.05) is 11.2 Å². The summed E-state index contributed by atoms with van der Waals surface area (Å²) in [5.74, 6) is -0.317. The molecule has 0 fully saturated rings. The van der Waals surface area contributed by atoms with Gasteiger partial charge in [0.25, 0.3) is 0 Å². The second-order valence-corrected chi connectivity index (χ2v) is 4.39. The number of benzene rings is 1. The molecule has 0 saturated carbocycles. The summed E-state index contributed by atoms with van der Waals surface area (Å²) in [5.41, 5.74) is 3.93. The first-order chi connectivity index (χ1) is 7.88. The van der Waals surface area contributed by atoms with Crippen LogP contribution in [0.15, 0.2) is 6.07 Å². The van der Waals surface area contributed by atoms with Crippen LogP contribution >= 0.6 is 11.6 Å². The molecule has 3 nitrogen and oxygen atoms in total. The third-order valence-electron chi connectivity index (χ3n) is 2.67. The molecule has 0 aliphatic carbocycles. The zero-order chi connectivity index (χ0) is 13.2. The SMILES string of the molecule is CC(=O)Nc1c(C)cc(C)c(C(=O)CCl)c1C. The van der Waals surface area contributed by atoms with Crippen LogP contribution in [-0.2, 0) is 4.79 Å². The van der Waals surface area contributed by atoms with Gasteiger partial charge >= 0.3 is 0 Å². The summed E-state index contributed by atoms with van der Waals surface area (Å²) in [4.78, 5) is 22.9. The topological polar surface area (TPSA) is 46.2 Å². The highest BCUT2D eigenvalue weighted by atomic mass is 35.5. The van der Waals surface area contributed by atoms with Crippen LogP contribution in [0.4, 0.5) is 5.69 Å². The van der Waals surface area contributed by atoms with Crippen molar-refractivity contribution in [3.63, 3.8) is 0 Å². The minimum Gasteiger partial charge on any atom is -0.326 e. The van der Waals surface area contributed by atoms with Gasteiger partial charge in [0.2, 0.25) is 5.91 Å². The number of carbonyl (C=O) groups is 2. The van der Waals surface area contributed by atoms with Crippen LogP contribution in [-0.4, -0.2) is 17.6 Å². The Bertz CT molecular complexity index is 481. The van der Waals surface area contributed by atoms with Crippen molar-refractivity contribution in [2.24, 2.45) is 0 Å². The fourth-order valence-corrected chi connectivity index (χ4v) is 2.18. The number of rotatable bonds is 3. The van der Waals surface area contributed by atoms with Gasteiger partial charge in [-0.1, -0.05) is 6.07 Å². The number of aryl methyl sites for hydroxylation is 2. The first-order valence-corrected chi connectivity index (χ1v) is 5.89. The average molecular weight is 254 g/mol.